The minimum Gasteiger partial charge on any atom is -0.326 e. The Morgan fingerprint density at radius 3 is 2.50 bits per heavy atom. The molecule has 3 aromatic rings. The molecule has 2 heterocycles. The number of carbonyl (C=O) groups excluding carboxylic acids is 2. The lowest BCUT2D eigenvalue weighted by Crippen LogP contribution is -2.36. The van der Waals surface area contributed by atoms with Gasteiger partial charge >= 0.3 is 0 Å². The third-order valence-electron chi connectivity index (χ3n) is 4.78. The Kier molecular flexibility index (Phi) is 6.10. The van der Waals surface area contributed by atoms with Crippen LogP contribution in [0.4, 0.5) is 23.1 Å². The van der Waals surface area contributed by atoms with Crippen LogP contribution in [0.15, 0.2) is 41.2 Å². The van der Waals surface area contributed by atoms with Gasteiger partial charge in [-0.15, -0.1) is 0 Å². The van der Waals surface area contributed by atoms with E-state index in [0.717, 1.165) is 5.56 Å². The maximum Gasteiger partial charge on any atom is 0.258 e. The highest BCUT2D eigenvalue weighted by Gasteiger charge is 2.35. The Hall–Kier alpha value is -3.07. The van der Waals surface area contributed by atoms with E-state index >= 15 is 0 Å². The summed E-state index contributed by atoms with van der Waals surface area (Å²) in [5, 5.41) is 9.25. The summed E-state index contributed by atoms with van der Waals surface area (Å²) in [6.07, 6.45) is -0.205. The van der Waals surface area contributed by atoms with Gasteiger partial charge in [0.05, 0.1) is 22.2 Å². The van der Waals surface area contributed by atoms with E-state index in [4.69, 9.17) is 34.8 Å². The second kappa shape index (κ2) is 8.82. The number of nitrogens with one attached hydrogen (secondary N) is 4. The molecule has 0 fully saturated rings. The van der Waals surface area contributed by atoms with Gasteiger partial charge in [0, 0.05) is 22.2 Å². The van der Waals surface area contributed by atoms with Crippen molar-refractivity contribution in [1.82, 2.24) is 9.97 Å². The monoisotopic (exact) mass is 491 g/mol. The quantitative estimate of drug-likeness (QED) is 0.416. The number of aromatic amines is 1. The summed E-state index contributed by atoms with van der Waals surface area (Å²) in [6.45, 7) is 1.87. The molecule has 8 nitrogen and oxygen atoms in total. The number of hydrogen-bond acceptors (Lipinski definition) is 5. The van der Waals surface area contributed by atoms with Crippen LogP contribution in [0.2, 0.25) is 15.1 Å². The Labute approximate surface area is 197 Å². The molecule has 0 bridgehead atoms. The largest absolute Gasteiger partial charge is 0.326 e. The number of nitrogens with zero attached hydrogens (tertiary/aromatic N) is 1. The van der Waals surface area contributed by atoms with Crippen LogP contribution in [-0.2, 0) is 9.59 Å². The number of rotatable bonds is 4. The molecule has 11 heteroatoms. The van der Waals surface area contributed by atoms with Crippen LogP contribution < -0.4 is 21.5 Å². The highest BCUT2D eigenvalue weighted by Crippen LogP contribution is 2.32. The van der Waals surface area contributed by atoms with E-state index < -0.39 is 23.3 Å². The number of H-pyrrole nitrogens is 1. The summed E-state index contributed by atoms with van der Waals surface area (Å²) in [5.74, 6) is -1.98. The molecule has 0 spiro atoms. The summed E-state index contributed by atoms with van der Waals surface area (Å²) in [5.41, 5.74) is 1.28. The number of hydrogen-bond donors (Lipinski definition) is 4. The number of halogens is 3. The Morgan fingerprint density at radius 1 is 1.09 bits per heavy atom. The third-order valence-corrected chi connectivity index (χ3v) is 5.52. The van der Waals surface area contributed by atoms with Gasteiger partial charge in [-0.05, 0) is 42.8 Å². The summed E-state index contributed by atoms with van der Waals surface area (Å²) in [6, 6.07) is 9.89. The van der Waals surface area contributed by atoms with Gasteiger partial charge in [0.15, 0.2) is 0 Å². The van der Waals surface area contributed by atoms with Crippen LogP contribution >= 0.6 is 34.8 Å². The first-order chi connectivity index (χ1) is 15.2. The van der Waals surface area contributed by atoms with Gasteiger partial charge in [-0.2, -0.15) is 4.98 Å². The van der Waals surface area contributed by atoms with E-state index in [1.807, 2.05) is 6.92 Å². The van der Waals surface area contributed by atoms with Crippen molar-refractivity contribution in [3.05, 3.63) is 72.9 Å². The standard InChI is InChI=1S/C21H16Cl3N5O3/c1-9-2-3-15(14(24)4-9)26-19(31)13-8-16(30)27-18-17(13)20(32)29-21(28-18)25-12-6-10(22)5-11(23)7-12/h2-7,13H,8H2,1H3,(H,26,31)(H3,25,27,28,29,30,32). The van der Waals surface area contributed by atoms with E-state index in [0.29, 0.717) is 26.4 Å². The first-order valence-electron chi connectivity index (χ1n) is 9.44. The van der Waals surface area contributed by atoms with Crippen LogP contribution in [0.1, 0.15) is 23.5 Å². The molecule has 0 saturated carbocycles. The van der Waals surface area contributed by atoms with Gasteiger partial charge in [-0.25, -0.2) is 0 Å². The zero-order chi connectivity index (χ0) is 23.0. The van der Waals surface area contributed by atoms with Gasteiger partial charge in [0.1, 0.15) is 5.82 Å². The molecule has 2 amide bonds. The number of aromatic nitrogens is 2. The molecule has 4 rings (SSSR count). The second-order valence-corrected chi connectivity index (χ2v) is 8.52. The minimum atomic E-state index is -1.04. The number of aryl methyl sites for hydroxylation is 1. The molecule has 0 radical (unpaired) electrons. The number of amides is 2. The molecule has 164 valence electrons. The van der Waals surface area contributed by atoms with Gasteiger partial charge in [0.25, 0.3) is 5.56 Å². The summed E-state index contributed by atoms with van der Waals surface area (Å²) in [7, 11) is 0. The maximum atomic E-state index is 12.9. The average molecular weight is 493 g/mol. The van der Waals surface area contributed by atoms with E-state index in [9.17, 15) is 14.4 Å². The molecule has 1 aromatic heterocycles. The van der Waals surface area contributed by atoms with Gasteiger partial charge in [-0.3, -0.25) is 19.4 Å². The summed E-state index contributed by atoms with van der Waals surface area (Å²) < 4.78 is 0. The highest BCUT2D eigenvalue weighted by atomic mass is 35.5. The molecule has 1 aliphatic rings. The van der Waals surface area contributed by atoms with E-state index in [1.165, 1.54) is 0 Å². The SMILES string of the molecule is Cc1ccc(NC(=O)C2CC(=O)Nc3nc(Nc4cc(Cl)cc(Cl)c4)[nH]c(=O)c32)c(Cl)c1. The summed E-state index contributed by atoms with van der Waals surface area (Å²) >= 11 is 18.2. The normalized spacial score (nSPS) is 15.0. The summed E-state index contributed by atoms with van der Waals surface area (Å²) in [4.78, 5) is 44.9. The van der Waals surface area contributed by atoms with E-state index in [-0.39, 0.29) is 23.8 Å². The van der Waals surface area contributed by atoms with Crippen molar-refractivity contribution in [1.29, 1.82) is 0 Å². The predicted octanol–water partition coefficient (Wildman–Crippen LogP) is 4.85. The fourth-order valence-electron chi connectivity index (χ4n) is 3.36. The van der Waals surface area contributed by atoms with Crippen molar-refractivity contribution < 1.29 is 9.59 Å². The smallest absolute Gasteiger partial charge is 0.258 e. The molecule has 32 heavy (non-hydrogen) atoms. The molecule has 0 aliphatic carbocycles. The first-order valence-corrected chi connectivity index (χ1v) is 10.6. The van der Waals surface area contributed by atoms with Crippen LogP contribution in [0, 0.1) is 6.92 Å². The average Bonchev–Trinajstić information content (AvgIpc) is 2.68. The predicted molar refractivity (Wildman–Crippen MR) is 125 cm³/mol. The molecule has 2 aromatic carbocycles. The zero-order valence-electron chi connectivity index (χ0n) is 16.6. The lowest BCUT2D eigenvalue weighted by atomic mass is 9.92. The molecule has 4 N–H and O–H groups in total. The molecule has 1 unspecified atom stereocenters. The second-order valence-electron chi connectivity index (χ2n) is 7.24. The van der Waals surface area contributed by atoms with E-state index in [2.05, 4.69) is 25.9 Å². The number of carbonyl (C=O) groups is 2. The number of benzene rings is 2. The van der Waals surface area contributed by atoms with Crippen molar-refractivity contribution in [2.24, 2.45) is 0 Å². The molecular formula is C21H16Cl3N5O3. The lowest BCUT2D eigenvalue weighted by molar-refractivity contribution is -0.123. The fourth-order valence-corrected chi connectivity index (χ4v) is 4.17. The lowest BCUT2D eigenvalue weighted by Gasteiger charge is -2.24. The van der Waals surface area contributed by atoms with Gasteiger partial charge < -0.3 is 16.0 Å². The highest BCUT2D eigenvalue weighted by molar-refractivity contribution is 6.35. The molecule has 1 aliphatic heterocycles. The van der Waals surface area contributed by atoms with Crippen molar-refractivity contribution in [3.63, 3.8) is 0 Å². The molecule has 1 atom stereocenters. The van der Waals surface area contributed by atoms with Gasteiger partial charge in [0.2, 0.25) is 17.8 Å². The van der Waals surface area contributed by atoms with Crippen LogP contribution in [0.5, 0.6) is 0 Å². The van der Waals surface area contributed by atoms with Crippen molar-refractivity contribution >= 4 is 69.8 Å². The fraction of sp³-hybridized carbons (Fsp3) is 0.143. The topological polar surface area (TPSA) is 116 Å². The minimum absolute atomic E-state index is 0.00391. The number of anilines is 4. The third kappa shape index (κ3) is 4.72. The maximum absolute atomic E-state index is 12.9. The van der Waals surface area contributed by atoms with Crippen LogP contribution in [0.3, 0.4) is 0 Å². The van der Waals surface area contributed by atoms with Crippen molar-refractivity contribution in [3.8, 4) is 0 Å². The zero-order valence-corrected chi connectivity index (χ0v) is 18.8. The van der Waals surface area contributed by atoms with Crippen LogP contribution in [0.25, 0.3) is 0 Å². The Bertz CT molecular complexity index is 1290. The Balaban J connectivity index is 1.65. The van der Waals surface area contributed by atoms with Crippen molar-refractivity contribution in [2.75, 3.05) is 16.0 Å². The van der Waals surface area contributed by atoms with Gasteiger partial charge in [-0.1, -0.05) is 40.9 Å². The number of fused-ring (bicyclic) bond motifs is 1. The molecule has 0 saturated heterocycles. The van der Waals surface area contributed by atoms with Crippen LogP contribution in [-0.4, -0.2) is 21.8 Å². The van der Waals surface area contributed by atoms with Crippen molar-refractivity contribution in [2.45, 2.75) is 19.3 Å². The first kappa shape index (κ1) is 22.1. The Morgan fingerprint density at radius 2 is 1.81 bits per heavy atom. The molecular weight excluding hydrogens is 477 g/mol. The van der Waals surface area contributed by atoms with E-state index in [1.54, 1.807) is 36.4 Å².